The van der Waals surface area contributed by atoms with Gasteiger partial charge in [-0.05, 0) is 57.2 Å². The smallest absolute Gasteiger partial charge is 0.260 e. The van der Waals surface area contributed by atoms with Crippen molar-refractivity contribution in [3.8, 4) is 11.5 Å². The fourth-order valence-corrected chi connectivity index (χ4v) is 3.78. The van der Waals surface area contributed by atoms with Crippen molar-refractivity contribution in [2.75, 3.05) is 39.4 Å². The maximum Gasteiger partial charge on any atom is 0.260 e. The van der Waals surface area contributed by atoms with Crippen molar-refractivity contribution in [2.45, 2.75) is 45.1 Å². The van der Waals surface area contributed by atoms with Gasteiger partial charge >= 0.3 is 0 Å². The van der Waals surface area contributed by atoms with E-state index in [1.807, 2.05) is 11.8 Å². The van der Waals surface area contributed by atoms with Crippen LogP contribution in [0.25, 0.3) is 0 Å². The molecule has 0 bridgehead atoms. The van der Waals surface area contributed by atoms with Crippen LogP contribution in [-0.4, -0.2) is 67.0 Å². The van der Waals surface area contributed by atoms with Gasteiger partial charge < -0.3 is 25.0 Å². The first kappa shape index (κ1) is 20.5. The van der Waals surface area contributed by atoms with E-state index in [-0.39, 0.29) is 24.5 Å². The molecule has 2 heterocycles. The number of benzene rings is 1. The second-order valence-corrected chi connectivity index (χ2v) is 7.48. The van der Waals surface area contributed by atoms with Crippen molar-refractivity contribution in [1.29, 1.82) is 0 Å². The molecule has 0 aromatic heterocycles. The van der Waals surface area contributed by atoms with Crippen LogP contribution in [0.5, 0.6) is 11.5 Å². The van der Waals surface area contributed by atoms with Crippen LogP contribution in [0.4, 0.5) is 0 Å². The fraction of sp³-hybridized carbons (Fsp3) is 0.619. The minimum absolute atomic E-state index is 0.00962. The third kappa shape index (κ3) is 5.16. The number of nitrogens with two attached hydrogens (primary N) is 1. The number of amides is 2. The molecular formula is C21H31N3O4. The molecule has 0 saturated carbocycles. The molecule has 28 heavy (non-hydrogen) atoms. The number of ether oxygens (including phenoxy) is 2. The molecule has 1 aromatic rings. The summed E-state index contributed by atoms with van der Waals surface area (Å²) in [5, 5.41) is 0. The van der Waals surface area contributed by atoms with Gasteiger partial charge in [-0.2, -0.15) is 0 Å². The van der Waals surface area contributed by atoms with E-state index in [4.69, 9.17) is 15.2 Å². The minimum Gasteiger partial charge on any atom is -0.490 e. The number of rotatable bonds is 6. The molecule has 2 amide bonds. The van der Waals surface area contributed by atoms with Crippen LogP contribution in [0, 0.1) is 0 Å². The molecule has 2 aliphatic rings. The van der Waals surface area contributed by atoms with Gasteiger partial charge in [-0.15, -0.1) is 0 Å². The Morgan fingerprint density at radius 1 is 1.04 bits per heavy atom. The molecule has 2 saturated heterocycles. The third-order valence-corrected chi connectivity index (χ3v) is 5.30. The highest BCUT2D eigenvalue weighted by atomic mass is 16.5. The zero-order valence-corrected chi connectivity index (χ0v) is 16.7. The van der Waals surface area contributed by atoms with E-state index in [0.717, 1.165) is 45.3 Å². The first-order chi connectivity index (χ1) is 13.6. The highest BCUT2D eigenvalue weighted by molar-refractivity contribution is 5.95. The van der Waals surface area contributed by atoms with Gasteiger partial charge in [0.25, 0.3) is 11.8 Å². The number of carbonyl (C=O) groups is 2. The van der Waals surface area contributed by atoms with Crippen molar-refractivity contribution < 1.29 is 19.1 Å². The van der Waals surface area contributed by atoms with Gasteiger partial charge in [-0.1, -0.05) is 0 Å². The lowest BCUT2D eigenvalue weighted by Crippen LogP contribution is -2.45. The summed E-state index contributed by atoms with van der Waals surface area (Å²) >= 11 is 0. The van der Waals surface area contributed by atoms with Gasteiger partial charge in [0.15, 0.2) is 18.1 Å². The highest BCUT2D eigenvalue weighted by Crippen LogP contribution is 2.29. The predicted octanol–water partition coefficient (Wildman–Crippen LogP) is 2.04. The van der Waals surface area contributed by atoms with E-state index in [0.29, 0.717) is 30.2 Å². The molecule has 0 aliphatic carbocycles. The summed E-state index contributed by atoms with van der Waals surface area (Å²) in [6, 6.07) is 5.18. The Labute approximate surface area is 166 Å². The number of piperidine rings is 2. The maximum absolute atomic E-state index is 12.8. The van der Waals surface area contributed by atoms with Crippen LogP contribution in [0.15, 0.2) is 18.2 Å². The molecule has 1 aromatic carbocycles. The predicted molar refractivity (Wildman–Crippen MR) is 107 cm³/mol. The summed E-state index contributed by atoms with van der Waals surface area (Å²) in [6.07, 6.45) is 5.15. The lowest BCUT2D eigenvalue weighted by Gasteiger charge is -2.31. The molecule has 7 heteroatoms. The van der Waals surface area contributed by atoms with Crippen LogP contribution >= 0.6 is 0 Å². The first-order valence-corrected chi connectivity index (χ1v) is 10.3. The van der Waals surface area contributed by atoms with Crippen molar-refractivity contribution in [1.82, 2.24) is 9.80 Å². The Balaban J connectivity index is 1.66. The van der Waals surface area contributed by atoms with Gasteiger partial charge in [-0.25, -0.2) is 0 Å². The Morgan fingerprint density at radius 3 is 2.50 bits per heavy atom. The summed E-state index contributed by atoms with van der Waals surface area (Å²) in [5.41, 5.74) is 6.55. The number of likely N-dealkylation sites (tertiary alicyclic amines) is 2. The van der Waals surface area contributed by atoms with E-state index < -0.39 is 0 Å². The van der Waals surface area contributed by atoms with Crippen molar-refractivity contribution >= 4 is 11.8 Å². The first-order valence-electron chi connectivity index (χ1n) is 10.3. The van der Waals surface area contributed by atoms with Crippen LogP contribution in [-0.2, 0) is 4.79 Å². The molecule has 154 valence electrons. The quantitative estimate of drug-likeness (QED) is 0.805. The maximum atomic E-state index is 12.8. The van der Waals surface area contributed by atoms with Crippen LogP contribution in [0.3, 0.4) is 0 Å². The zero-order valence-electron chi connectivity index (χ0n) is 16.7. The van der Waals surface area contributed by atoms with Crippen molar-refractivity contribution in [3.05, 3.63) is 23.8 Å². The van der Waals surface area contributed by atoms with Gasteiger partial charge in [0.2, 0.25) is 0 Å². The normalized spacial score (nSPS) is 20.0. The monoisotopic (exact) mass is 389 g/mol. The molecule has 2 N–H and O–H groups in total. The average molecular weight is 389 g/mol. The Hall–Kier alpha value is -2.28. The summed E-state index contributed by atoms with van der Waals surface area (Å²) in [4.78, 5) is 28.8. The Morgan fingerprint density at radius 2 is 1.79 bits per heavy atom. The van der Waals surface area contributed by atoms with E-state index in [1.165, 1.54) is 6.42 Å². The van der Waals surface area contributed by atoms with E-state index in [9.17, 15) is 9.59 Å². The summed E-state index contributed by atoms with van der Waals surface area (Å²) in [6.45, 7) is 5.19. The van der Waals surface area contributed by atoms with Gasteiger partial charge in [0.05, 0.1) is 6.61 Å². The van der Waals surface area contributed by atoms with Gasteiger partial charge in [-0.3, -0.25) is 9.59 Å². The number of nitrogens with zero attached hydrogens (tertiary/aromatic N) is 2. The lowest BCUT2D eigenvalue weighted by atomic mass is 10.1. The van der Waals surface area contributed by atoms with Gasteiger partial charge in [0, 0.05) is 37.8 Å². The van der Waals surface area contributed by atoms with Crippen LogP contribution in [0.2, 0.25) is 0 Å². The standard InChI is InChI=1S/C21H31N3O4/c1-2-27-19-13-16(21(26)24-12-6-7-17(22)14-24)8-9-18(19)28-15-20(25)23-10-4-3-5-11-23/h8-9,13,17H,2-7,10-12,14-15,22H2,1H3. The second-order valence-electron chi connectivity index (χ2n) is 7.48. The molecule has 2 fully saturated rings. The zero-order chi connectivity index (χ0) is 19.9. The number of carbonyl (C=O) groups excluding carboxylic acids is 2. The molecule has 1 atom stereocenters. The molecule has 7 nitrogen and oxygen atoms in total. The molecule has 0 radical (unpaired) electrons. The third-order valence-electron chi connectivity index (χ3n) is 5.30. The Bertz CT molecular complexity index is 688. The highest BCUT2D eigenvalue weighted by Gasteiger charge is 2.24. The number of hydrogen-bond donors (Lipinski definition) is 1. The summed E-state index contributed by atoms with van der Waals surface area (Å²) < 4.78 is 11.4. The lowest BCUT2D eigenvalue weighted by molar-refractivity contribution is -0.134. The van der Waals surface area contributed by atoms with E-state index >= 15 is 0 Å². The largest absolute Gasteiger partial charge is 0.490 e. The van der Waals surface area contributed by atoms with E-state index in [1.54, 1.807) is 23.1 Å². The van der Waals surface area contributed by atoms with Crippen molar-refractivity contribution in [2.24, 2.45) is 5.73 Å². The van der Waals surface area contributed by atoms with Crippen LogP contribution in [0.1, 0.15) is 49.4 Å². The molecule has 2 aliphatic heterocycles. The summed E-state index contributed by atoms with van der Waals surface area (Å²) in [7, 11) is 0. The second kappa shape index (κ2) is 9.78. The average Bonchev–Trinajstić information content (AvgIpc) is 2.73. The van der Waals surface area contributed by atoms with Crippen molar-refractivity contribution in [3.63, 3.8) is 0 Å². The Kier molecular flexibility index (Phi) is 7.14. The number of hydrogen-bond acceptors (Lipinski definition) is 5. The SMILES string of the molecule is CCOc1cc(C(=O)N2CCCC(N)C2)ccc1OCC(=O)N1CCCCC1. The molecular weight excluding hydrogens is 358 g/mol. The minimum atomic E-state index is -0.0490. The summed E-state index contributed by atoms with van der Waals surface area (Å²) in [5.74, 6) is 0.914. The topological polar surface area (TPSA) is 85.1 Å². The fourth-order valence-electron chi connectivity index (χ4n) is 3.78. The molecule has 1 unspecified atom stereocenters. The molecule has 0 spiro atoms. The van der Waals surface area contributed by atoms with Gasteiger partial charge in [0.1, 0.15) is 0 Å². The van der Waals surface area contributed by atoms with E-state index in [2.05, 4.69) is 0 Å². The molecule has 3 rings (SSSR count). The van der Waals surface area contributed by atoms with Crippen LogP contribution < -0.4 is 15.2 Å².